The van der Waals surface area contributed by atoms with Gasteiger partial charge in [-0.1, -0.05) is 23.2 Å². The minimum absolute atomic E-state index is 0. The van der Waals surface area contributed by atoms with Crippen LogP contribution in [0.25, 0.3) is 0 Å². The first kappa shape index (κ1) is 19.6. The molecule has 0 fully saturated rings. The van der Waals surface area contributed by atoms with Crippen molar-refractivity contribution in [2.75, 3.05) is 7.05 Å². The number of aromatic nitrogens is 1. The Bertz CT molecular complexity index is 726. The standard InChI is InChI=1S/C15H13Cl2N3O2.BrH/c1-18-19-15(22)10-3-2-6-20(8-10)9-14(21)12-5-4-11(16)7-13(12)17;/h2-8,18H,9H2,1H3;1H. The van der Waals surface area contributed by atoms with Gasteiger partial charge in [-0.3, -0.25) is 15.0 Å². The molecule has 0 aliphatic rings. The number of hydrogen-bond acceptors (Lipinski definition) is 3. The van der Waals surface area contributed by atoms with Crippen LogP contribution >= 0.6 is 23.2 Å². The van der Waals surface area contributed by atoms with Gasteiger partial charge in [-0.25, -0.2) is 5.43 Å². The summed E-state index contributed by atoms with van der Waals surface area (Å²) >= 11 is 11.8. The molecule has 0 atom stereocenters. The zero-order chi connectivity index (χ0) is 16.1. The van der Waals surface area contributed by atoms with Crippen LogP contribution in [0.2, 0.25) is 10.0 Å². The molecular formula is C15H14BrCl2N3O2. The lowest BCUT2D eigenvalue weighted by Crippen LogP contribution is -3.00. The second-order valence-corrected chi connectivity index (χ2v) is 5.36. The van der Waals surface area contributed by atoms with Crippen LogP contribution in [0.4, 0.5) is 0 Å². The maximum absolute atomic E-state index is 12.3. The molecule has 0 unspecified atom stereocenters. The van der Waals surface area contributed by atoms with Crippen LogP contribution < -0.4 is 32.4 Å². The first-order valence-electron chi connectivity index (χ1n) is 6.45. The fourth-order valence-electron chi connectivity index (χ4n) is 1.91. The van der Waals surface area contributed by atoms with Crippen molar-refractivity contribution in [2.24, 2.45) is 0 Å². The average Bonchev–Trinajstić information content (AvgIpc) is 2.47. The van der Waals surface area contributed by atoms with Crippen LogP contribution in [0.5, 0.6) is 0 Å². The summed E-state index contributed by atoms with van der Waals surface area (Å²) in [6.07, 6.45) is 3.30. The molecule has 1 heterocycles. The largest absolute Gasteiger partial charge is 1.00 e. The number of carbonyl (C=O) groups excluding carboxylic acids is 2. The van der Waals surface area contributed by atoms with Gasteiger partial charge < -0.3 is 17.0 Å². The third kappa shape index (κ3) is 5.28. The van der Waals surface area contributed by atoms with E-state index in [1.807, 2.05) is 0 Å². The number of pyridine rings is 1. The van der Waals surface area contributed by atoms with Crippen LogP contribution in [-0.4, -0.2) is 18.7 Å². The van der Waals surface area contributed by atoms with Gasteiger partial charge in [0.1, 0.15) is 5.56 Å². The molecule has 0 saturated heterocycles. The van der Waals surface area contributed by atoms with E-state index in [9.17, 15) is 9.59 Å². The number of halogens is 3. The van der Waals surface area contributed by atoms with Gasteiger partial charge in [-0.2, -0.15) is 4.57 Å². The lowest BCUT2D eigenvalue weighted by atomic mass is 10.1. The third-order valence-corrected chi connectivity index (χ3v) is 3.46. The number of nitrogens with zero attached hydrogens (tertiary/aromatic N) is 1. The molecule has 0 radical (unpaired) electrons. The third-order valence-electron chi connectivity index (χ3n) is 2.92. The van der Waals surface area contributed by atoms with E-state index in [2.05, 4.69) is 10.9 Å². The normalized spacial score (nSPS) is 9.87. The predicted octanol–water partition coefficient (Wildman–Crippen LogP) is -0.968. The van der Waals surface area contributed by atoms with Crippen molar-refractivity contribution in [3.05, 3.63) is 63.9 Å². The molecule has 1 aromatic heterocycles. The number of carbonyl (C=O) groups is 2. The summed E-state index contributed by atoms with van der Waals surface area (Å²) in [4.78, 5) is 24.0. The Morgan fingerprint density at radius 2 is 1.96 bits per heavy atom. The highest BCUT2D eigenvalue weighted by atomic mass is 79.9. The van der Waals surface area contributed by atoms with Crippen molar-refractivity contribution >= 4 is 34.9 Å². The van der Waals surface area contributed by atoms with E-state index < -0.39 is 0 Å². The number of rotatable bonds is 5. The number of hydrogen-bond donors (Lipinski definition) is 2. The molecule has 1 aromatic carbocycles. The molecule has 2 aromatic rings. The molecule has 2 N–H and O–H groups in total. The van der Waals surface area contributed by atoms with E-state index in [1.54, 1.807) is 48.3 Å². The zero-order valence-corrected chi connectivity index (χ0v) is 15.2. The van der Waals surface area contributed by atoms with E-state index in [4.69, 9.17) is 23.2 Å². The van der Waals surface area contributed by atoms with Crippen LogP contribution in [0.1, 0.15) is 20.7 Å². The number of hydrazine groups is 1. The Kier molecular flexibility index (Phi) is 7.64. The zero-order valence-electron chi connectivity index (χ0n) is 12.1. The fraction of sp³-hybridized carbons (Fsp3) is 0.133. The summed E-state index contributed by atoms with van der Waals surface area (Å²) in [7, 11) is 1.60. The van der Waals surface area contributed by atoms with Gasteiger partial charge >= 0.3 is 0 Å². The van der Waals surface area contributed by atoms with Crippen molar-refractivity contribution in [1.29, 1.82) is 0 Å². The molecular weight excluding hydrogens is 405 g/mol. The van der Waals surface area contributed by atoms with Gasteiger partial charge in [-0.15, -0.1) is 0 Å². The van der Waals surface area contributed by atoms with E-state index in [-0.39, 0.29) is 35.2 Å². The quantitative estimate of drug-likeness (QED) is 0.373. The van der Waals surface area contributed by atoms with Gasteiger partial charge in [0.15, 0.2) is 12.4 Å². The average molecular weight is 419 g/mol. The lowest BCUT2D eigenvalue weighted by molar-refractivity contribution is -0.683. The maximum Gasteiger partial charge on any atom is 0.271 e. The van der Waals surface area contributed by atoms with Crippen LogP contribution in [0.3, 0.4) is 0 Å². The van der Waals surface area contributed by atoms with Crippen molar-refractivity contribution < 1.29 is 31.1 Å². The van der Waals surface area contributed by atoms with Crippen molar-refractivity contribution in [3.63, 3.8) is 0 Å². The predicted molar refractivity (Wildman–Crippen MR) is 84.0 cm³/mol. The van der Waals surface area contributed by atoms with Gasteiger partial charge in [0.25, 0.3) is 5.91 Å². The Labute approximate surface area is 154 Å². The van der Waals surface area contributed by atoms with E-state index in [0.717, 1.165) is 0 Å². The lowest BCUT2D eigenvalue weighted by Gasteiger charge is -2.04. The molecule has 8 heteroatoms. The minimum Gasteiger partial charge on any atom is -1.00 e. The highest BCUT2D eigenvalue weighted by molar-refractivity contribution is 6.36. The fourth-order valence-corrected chi connectivity index (χ4v) is 2.42. The molecule has 0 saturated carbocycles. The SMILES string of the molecule is CNNC(=O)c1ccc[n+](CC(=O)c2ccc(Cl)cc2Cl)c1.[Br-]. The summed E-state index contributed by atoms with van der Waals surface area (Å²) < 4.78 is 1.62. The van der Waals surface area contributed by atoms with Crippen molar-refractivity contribution in [1.82, 2.24) is 10.9 Å². The summed E-state index contributed by atoms with van der Waals surface area (Å²) in [6, 6.07) is 8.08. The first-order chi connectivity index (χ1) is 10.5. The van der Waals surface area contributed by atoms with Crippen LogP contribution in [-0.2, 0) is 6.54 Å². The Balaban J connectivity index is 0.00000264. The molecule has 0 spiro atoms. The molecule has 0 aliphatic heterocycles. The molecule has 0 bridgehead atoms. The maximum atomic E-state index is 12.3. The molecule has 5 nitrogen and oxygen atoms in total. The topological polar surface area (TPSA) is 62.1 Å². The second kappa shape index (κ2) is 8.98. The number of nitrogens with one attached hydrogen (secondary N) is 2. The van der Waals surface area contributed by atoms with Crippen molar-refractivity contribution in [3.8, 4) is 0 Å². The Hall–Kier alpha value is -1.47. The molecule has 1 amide bonds. The summed E-state index contributed by atoms with van der Waals surface area (Å²) in [5, 5.41) is 0.780. The van der Waals surface area contributed by atoms with E-state index >= 15 is 0 Å². The van der Waals surface area contributed by atoms with Gasteiger partial charge in [0, 0.05) is 23.7 Å². The van der Waals surface area contributed by atoms with Gasteiger partial charge in [0.2, 0.25) is 12.3 Å². The molecule has 23 heavy (non-hydrogen) atoms. The number of ketones is 1. The molecule has 122 valence electrons. The first-order valence-corrected chi connectivity index (χ1v) is 7.21. The molecule has 2 rings (SSSR count). The number of amides is 1. The van der Waals surface area contributed by atoms with E-state index in [0.29, 0.717) is 21.2 Å². The Morgan fingerprint density at radius 1 is 1.22 bits per heavy atom. The number of benzene rings is 1. The van der Waals surface area contributed by atoms with Gasteiger partial charge in [-0.05, 0) is 24.3 Å². The highest BCUT2D eigenvalue weighted by Crippen LogP contribution is 2.21. The van der Waals surface area contributed by atoms with E-state index in [1.165, 1.54) is 6.07 Å². The van der Waals surface area contributed by atoms with Crippen molar-refractivity contribution in [2.45, 2.75) is 6.54 Å². The monoisotopic (exact) mass is 417 g/mol. The summed E-state index contributed by atoms with van der Waals surface area (Å²) in [5.74, 6) is -0.452. The summed E-state index contributed by atoms with van der Waals surface area (Å²) in [5.41, 5.74) is 5.85. The summed E-state index contributed by atoms with van der Waals surface area (Å²) in [6.45, 7) is 0.0715. The highest BCUT2D eigenvalue weighted by Gasteiger charge is 2.17. The van der Waals surface area contributed by atoms with Gasteiger partial charge in [0.05, 0.1) is 5.02 Å². The van der Waals surface area contributed by atoms with Crippen LogP contribution in [0, 0.1) is 0 Å². The minimum atomic E-state index is -0.283. The number of Topliss-reactive ketones (excluding diaryl/α,β-unsaturated/α-hetero) is 1. The second-order valence-electron chi connectivity index (χ2n) is 4.52. The molecule has 0 aliphatic carbocycles. The Morgan fingerprint density at radius 3 is 2.61 bits per heavy atom. The van der Waals surface area contributed by atoms with Crippen LogP contribution in [0.15, 0.2) is 42.7 Å². The smallest absolute Gasteiger partial charge is 0.271 e.